The van der Waals surface area contributed by atoms with E-state index in [0.717, 1.165) is 23.3 Å². The Morgan fingerprint density at radius 1 is 0.891 bits per heavy atom. The number of piperidine rings is 1. The summed E-state index contributed by atoms with van der Waals surface area (Å²) in [5, 5.41) is 1.46. The molecule has 3 atom stereocenters. The molecule has 2 aromatic carbocycles. The topological polar surface area (TPSA) is 56.3 Å². The highest BCUT2D eigenvalue weighted by atomic mass is 19.4. The van der Waals surface area contributed by atoms with Gasteiger partial charge in [-0.05, 0) is 86.6 Å². The molecule has 252 valence electrons. The van der Waals surface area contributed by atoms with Crippen molar-refractivity contribution in [3.8, 4) is 0 Å². The van der Waals surface area contributed by atoms with E-state index in [2.05, 4.69) is 4.90 Å². The molecule has 0 spiro atoms. The third-order valence-corrected chi connectivity index (χ3v) is 9.34. The number of hydroxylamine groups is 2. The van der Waals surface area contributed by atoms with Gasteiger partial charge < -0.3 is 14.6 Å². The summed E-state index contributed by atoms with van der Waals surface area (Å²) in [4.78, 5) is 36.8. The normalized spacial score (nSPS) is 22.4. The molecule has 46 heavy (non-hydrogen) atoms. The minimum absolute atomic E-state index is 0.0408. The lowest BCUT2D eigenvalue weighted by atomic mass is 9.89. The van der Waals surface area contributed by atoms with Gasteiger partial charge in [0, 0.05) is 51.7 Å². The first-order chi connectivity index (χ1) is 21.5. The molecule has 0 N–H and O–H groups in total. The molecule has 1 aliphatic carbocycles. The van der Waals surface area contributed by atoms with E-state index in [9.17, 15) is 40.3 Å². The molecule has 14 heteroatoms. The summed E-state index contributed by atoms with van der Waals surface area (Å²) in [6, 6.07) is 3.92. The molecule has 5 rings (SSSR count). The fourth-order valence-electron chi connectivity index (χ4n) is 6.32. The molecule has 1 saturated carbocycles. The van der Waals surface area contributed by atoms with Gasteiger partial charge in [0.15, 0.2) is 0 Å². The minimum Gasteiger partial charge on any atom is -0.350 e. The molecular formula is C32H37F7N4O3. The molecule has 2 saturated heterocycles. The first-order valence-corrected chi connectivity index (χ1v) is 15.3. The zero-order chi connectivity index (χ0) is 33.6. The van der Waals surface area contributed by atoms with Crippen LogP contribution in [0.4, 0.5) is 35.5 Å². The second-order valence-corrected chi connectivity index (χ2v) is 12.5. The van der Waals surface area contributed by atoms with Crippen LogP contribution < -0.4 is 0 Å². The van der Waals surface area contributed by atoms with Crippen molar-refractivity contribution in [3.63, 3.8) is 0 Å². The van der Waals surface area contributed by atoms with Gasteiger partial charge in [0.1, 0.15) is 5.82 Å². The van der Waals surface area contributed by atoms with Crippen molar-refractivity contribution < 1.29 is 45.2 Å². The predicted molar refractivity (Wildman–Crippen MR) is 154 cm³/mol. The monoisotopic (exact) mass is 658 g/mol. The van der Waals surface area contributed by atoms with Gasteiger partial charge in [-0.2, -0.15) is 26.3 Å². The van der Waals surface area contributed by atoms with Crippen molar-refractivity contribution in [1.29, 1.82) is 0 Å². The van der Waals surface area contributed by atoms with E-state index in [4.69, 9.17) is 4.84 Å². The Hall–Kier alpha value is -3.39. The van der Waals surface area contributed by atoms with E-state index >= 15 is 0 Å². The Bertz CT molecular complexity index is 1410. The fraction of sp³-hybridized carbons (Fsp3) is 0.562. The quantitative estimate of drug-likeness (QED) is 0.314. The van der Waals surface area contributed by atoms with Crippen LogP contribution in [-0.2, 0) is 22.0 Å². The molecule has 2 amide bonds. The average molecular weight is 659 g/mol. The third-order valence-electron chi connectivity index (χ3n) is 9.34. The number of alkyl halides is 6. The molecule has 0 aromatic heterocycles. The van der Waals surface area contributed by atoms with Gasteiger partial charge in [0.25, 0.3) is 0 Å². The first kappa shape index (κ1) is 34.0. The standard InChI is InChI=1S/C32H37F7N4O3/c1-19-14-25(33)6-7-27(19)28-18-26(41-10-12-42(13-11-41)29(44)21-4-5-21)8-9-43(28)46-30(45)40(3)20(2)22-15-23(31(34,35)36)17-24(16-22)32(37,38)39/h6-7,14-17,20-21,26,28H,4-5,8-13,18H2,1-3H3/t20-,26+,28-/m1/s1. The molecule has 7 nitrogen and oxygen atoms in total. The second kappa shape index (κ2) is 13.0. The van der Waals surface area contributed by atoms with Crippen LogP contribution in [0.5, 0.6) is 0 Å². The largest absolute Gasteiger partial charge is 0.429 e. The molecule has 0 bridgehead atoms. The molecular weight excluding hydrogens is 621 g/mol. The summed E-state index contributed by atoms with van der Waals surface area (Å²) in [7, 11) is 1.24. The number of rotatable bonds is 6. The van der Waals surface area contributed by atoms with Crippen LogP contribution in [0.2, 0.25) is 0 Å². The van der Waals surface area contributed by atoms with Crippen molar-refractivity contribution in [1.82, 2.24) is 19.8 Å². The van der Waals surface area contributed by atoms with Crippen LogP contribution >= 0.6 is 0 Å². The Morgan fingerprint density at radius 3 is 2.04 bits per heavy atom. The summed E-state index contributed by atoms with van der Waals surface area (Å²) in [5.74, 6) is -0.0720. The van der Waals surface area contributed by atoms with Crippen LogP contribution in [0.15, 0.2) is 36.4 Å². The summed E-state index contributed by atoms with van der Waals surface area (Å²) in [5.41, 5.74) is -1.94. The number of halogens is 7. The lowest BCUT2D eigenvalue weighted by Gasteiger charge is -2.45. The van der Waals surface area contributed by atoms with Crippen LogP contribution in [-0.4, -0.2) is 77.6 Å². The maximum atomic E-state index is 14.0. The fourth-order valence-corrected chi connectivity index (χ4v) is 6.32. The highest BCUT2D eigenvalue weighted by Gasteiger charge is 2.41. The number of nitrogens with zero attached hydrogens (tertiary/aromatic N) is 4. The summed E-state index contributed by atoms with van der Waals surface area (Å²) in [6.07, 6.45) is -8.03. The molecule has 3 aliphatic rings. The Kier molecular flexibility index (Phi) is 9.61. The Labute approximate surface area is 262 Å². The second-order valence-electron chi connectivity index (χ2n) is 12.5. The third kappa shape index (κ3) is 7.59. The van der Waals surface area contributed by atoms with Crippen molar-refractivity contribution in [2.24, 2.45) is 5.92 Å². The number of aryl methyl sites for hydroxylation is 1. The van der Waals surface area contributed by atoms with Gasteiger partial charge in [-0.3, -0.25) is 9.69 Å². The number of piperazine rings is 1. The van der Waals surface area contributed by atoms with E-state index in [1.165, 1.54) is 31.2 Å². The summed E-state index contributed by atoms with van der Waals surface area (Å²) in [6.45, 7) is 5.97. The van der Waals surface area contributed by atoms with Crippen molar-refractivity contribution in [2.75, 3.05) is 39.8 Å². The molecule has 2 heterocycles. The number of benzene rings is 2. The van der Waals surface area contributed by atoms with Crippen molar-refractivity contribution in [2.45, 2.75) is 70.0 Å². The highest BCUT2D eigenvalue weighted by Crippen LogP contribution is 2.40. The molecule has 2 aliphatic heterocycles. The van der Waals surface area contributed by atoms with E-state index in [-0.39, 0.29) is 36.0 Å². The summed E-state index contributed by atoms with van der Waals surface area (Å²) >= 11 is 0. The Balaban J connectivity index is 1.32. The number of hydrogen-bond donors (Lipinski definition) is 0. The zero-order valence-electron chi connectivity index (χ0n) is 25.8. The van der Waals surface area contributed by atoms with Gasteiger partial charge in [0.05, 0.1) is 23.2 Å². The summed E-state index contributed by atoms with van der Waals surface area (Å²) < 4.78 is 94.8. The maximum Gasteiger partial charge on any atom is 0.429 e. The van der Waals surface area contributed by atoms with Crippen LogP contribution in [0.3, 0.4) is 0 Å². The number of carbonyl (C=O) groups excluding carboxylic acids is 2. The van der Waals surface area contributed by atoms with Gasteiger partial charge in [-0.25, -0.2) is 9.18 Å². The van der Waals surface area contributed by atoms with Gasteiger partial charge >= 0.3 is 18.4 Å². The number of carbonyl (C=O) groups is 2. The molecule has 0 unspecified atom stereocenters. The zero-order valence-corrected chi connectivity index (χ0v) is 25.8. The van der Waals surface area contributed by atoms with Gasteiger partial charge in [0.2, 0.25) is 5.91 Å². The predicted octanol–water partition coefficient (Wildman–Crippen LogP) is 6.98. The van der Waals surface area contributed by atoms with Crippen molar-refractivity contribution in [3.05, 3.63) is 70.0 Å². The van der Waals surface area contributed by atoms with E-state index in [1.54, 1.807) is 13.0 Å². The van der Waals surface area contributed by atoms with E-state index < -0.39 is 47.5 Å². The number of amides is 2. The van der Waals surface area contributed by atoms with Crippen LogP contribution in [0.25, 0.3) is 0 Å². The van der Waals surface area contributed by atoms with E-state index in [1.807, 2.05) is 4.90 Å². The van der Waals surface area contributed by atoms with Crippen LogP contribution in [0, 0.1) is 18.7 Å². The molecule has 2 aromatic rings. The lowest BCUT2D eigenvalue weighted by Crippen LogP contribution is -2.55. The minimum atomic E-state index is -5.03. The Morgan fingerprint density at radius 2 is 1.50 bits per heavy atom. The first-order valence-electron chi connectivity index (χ1n) is 15.3. The molecule has 0 radical (unpaired) electrons. The van der Waals surface area contributed by atoms with Crippen molar-refractivity contribution >= 4 is 12.0 Å². The maximum absolute atomic E-state index is 14.0. The van der Waals surface area contributed by atoms with Gasteiger partial charge in [-0.15, -0.1) is 5.06 Å². The number of hydrogen-bond acceptors (Lipinski definition) is 5. The highest BCUT2D eigenvalue weighted by molar-refractivity contribution is 5.81. The molecule has 3 fully saturated rings. The lowest BCUT2D eigenvalue weighted by molar-refractivity contribution is -0.168. The van der Waals surface area contributed by atoms with Gasteiger partial charge in [-0.1, -0.05) is 6.07 Å². The van der Waals surface area contributed by atoms with E-state index in [0.29, 0.717) is 56.7 Å². The van der Waals surface area contributed by atoms with Crippen LogP contribution in [0.1, 0.15) is 72.5 Å². The smallest absolute Gasteiger partial charge is 0.350 e. The SMILES string of the molecule is Cc1cc(F)ccc1[C@H]1C[C@@H](N2CCN(C(=O)C3CC3)CC2)CCN1OC(=O)N(C)[C@H](C)c1cc(C(F)(F)F)cc(C(F)(F)F)c1. The average Bonchev–Trinajstić information content (AvgIpc) is 3.85.